The molecule has 0 radical (unpaired) electrons. The van der Waals surface area contributed by atoms with Crippen LogP contribution < -0.4 is 0 Å². The van der Waals surface area contributed by atoms with Crippen LogP contribution in [0.2, 0.25) is 0 Å². The standard InChI is InChI=1S/C10H9BrF2O/c1-2-3-10(14)6-4-8(12)9(13)5-7(6)11/h4-5H,2-3H2,1H3. The largest absolute Gasteiger partial charge is 0.294 e. The van der Waals surface area contributed by atoms with Crippen molar-refractivity contribution in [2.24, 2.45) is 0 Å². The molecule has 0 aliphatic heterocycles. The zero-order chi connectivity index (χ0) is 10.7. The molecule has 0 spiro atoms. The molecular formula is C10H9BrF2O. The van der Waals surface area contributed by atoms with Crippen molar-refractivity contribution in [3.8, 4) is 0 Å². The van der Waals surface area contributed by atoms with E-state index < -0.39 is 11.6 Å². The number of ketones is 1. The zero-order valence-electron chi connectivity index (χ0n) is 7.61. The number of hydrogen-bond acceptors (Lipinski definition) is 1. The lowest BCUT2D eigenvalue weighted by Crippen LogP contribution is -2.01. The Morgan fingerprint density at radius 1 is 1.36 bits per heavy atom. The molecule has 0 atom stereocenters. The molecule has 0 aliphatic rings. The van der Waals surface area contributed by atoms with Crippen LogP contribution in [0.1, 0.15) is 30.1 Å². The lowest BCUT2D eigenvalue weighted by atomic mass is 10.1. The molecule has 0 aliphatic carbocycles. The van der Waals surface area contributed by atoms with E-state index in [0.717, 1.165) is 12.1 Å². The summed E-state index contributed by atoms with van der Waals surface area (Å²) in [4.78, 5) is 11.4. The van der Waals surface area contributed by atoms with Gasteiger partial charge >= 0.3 is 0 Å². The fourth-order valence-corrected chi connectivity index (χ4v) is 1.63. The van der Waals surface area contributed by atoms with Crippen molar-refractivity contribution in [2.45, 2.75) is 19.8 Å². The minimum Gasteiger partial charge on any atom is -0.294 e. The van der Waals surface area contributed by atoms with E-state index in [-0.39, 0.29) is 11.3 Å². The Balaban J connectivity index is 3.09. The summed E-state index contributed by atoms with van der Waals surface area (Å²) in [6.45, 7) is 1.85. The van der Waals surface area contributed by atoms with Gasteiger partial charge in [-0.3, -0.25) is 4.79 Å². The SMILES string of the molecule is CCCC(=O)c1cc(F)c(F)cc1Br. The third-order valence-electron chi connectivity index (χ3n) is 1.79. The van der Waals surface area contributed by atoms with Gasteiger partial charge in [0.05, 0.1) is 0 Å². The molecule has 0 saturated heterocycles. The van der Waals surface area contributed by atoms with Crippen molar-refractivity contribution < 1.29 is 13.6 Å². The van der Waals surface area contributed by atoms with E-state index in [1.165, 1.54) is 0 Å². The van der Waals surface area contributed by atoms with Crippen molar-refractivity contribution in [3.05, 3.63) is 33.8 Å². The maximum Gasteiger partial charge on any atom is 0.164 e. The Morgan fingerprint density at radius 3 is 2.50 bits per heavy atom. The fraction of sp³-hybridized carbons (Fsp3) is 0.300. The van der Waals surface area contributed by atoms with Crippen LogP contribution in [-0.2, 0) is 0 Å². The maximum absolute atomic E-state index is 12.8. The Labute approximate surface area is 89.3 Å². The number of carbonyl (C=O) groups is 1. The molecular weight excluding hydrogens is 254 g/mol. The van der Waals surface area contributed by atoms with Crippen LogP contribution in [0.25, 0.3) is 0 Å². The van der Waals surface area contributed by atoms with E-state index in [9.17, 15) is 13.6 Å². The van der Waals surface area contributed by atoms with Crippen LogP contribution in [0.3, 0.4) is 0 Å². The summed E-state index contributed by atoms with van der Waals surface area (Å²) in [5, 5.41) is 0. The molecule has 1 nitrogen and oxygen atoms in total. The molecule has 0 fully saturated rings. The molecule has 0 amide bonds. The monoisotopic (exact) mass is 262 g/mol. The number of hydrogen-bond donors (Lipinski definition) is 0. The van der Waals surface area contributed by atoms with Crippen LogP contribution in [0.5, 0.6) is 0 Å². The highest BCUT2D eigenvalue weighted by Gasteiger charge is 2.13. The van der Waals surface area contributed by atoms with Gasteiger partial charge in [0.15, 0.2) is 17.4 Å². The lowest BCUT2D eigenvalue weighted by Gasteiger charge is -2.03. The molecule has 1 aromatic carbocycles. The number of rotatable bonds is 3. The van der Waals surface area contributed by atoms with Gasteiger partial charge in [-0.05, 0) is 34.5 Å². The average Bonchev–Trinajstić information content (AvgIpc) is 2.11. The Kier molecular flexibility index (Phi) is 3.75. The molecule has 0 unspecified atom stereocenters. The molecule has 0 saturated carbocycles. The van der Waals surface area contributed by atoms with Crippen molar-refractivity contribution >= 4 is 21.7 Å². The second-order valence-electron chi connectivity index (χ2n) is 2.92. The Bertz CT molecular complexity index is 363. The van der Waals surface area contributed by atoms with Gasteiger partial charge in [0.25, 0.3) is 0 Å². The van der Waals surface area contributed by atoms with Gasteiger partial charge in [0.1, 0.15) is 0 Å². The highest BCUT2D eigenvalue weighted by atomic mass is 79.9. The van der Waals surface area contributed by atoms with Gasteiger partial charge in [-0.15, -0.1) is 0 Å². The number of carbonyl (C=O) groups excluding carboxylic acids is 1. The van der Waals surface area contributed by atoms with Crippen LogP contribution >= 0.6 is 15.9 Å². The predicted octanol–water partition coefficient (Wildman–Crippen LogP) is 3.71. The van der Waals surface area contributed by atoms with E-state index in [1.807, 2.05) is 6.92 Å². The molecule has 0 heterocycles. The summed E-state index contributed by atoms with van der Waals surface area (Å²) < 4.78 is 25.8. The summed E-state index contributed by atoms with van der Waals surface area (Å²) >= 11 is 3.02. The highest BCUT2D eigenvalue weighted by molar-refractivity contribution is 9.10. The minimum atomic E-state index is -0.993. The zero-order valence-corrected chi connectivity index (χ0v) is 9.20. The van der Waals surface area contributed by atoms with Crippen molar-refractivity contribution in [1.82, 2.24) is 0 Å². The van der Waals surface area contributed by atoms with Crippen molar-refractivity contribution in [2.75, 3.05) is 0 Å². The van der Waals surface area contributed by atoms with Gasteiger partial charge in [-0.2, -0.15) is 0 Å². The van der Waals surface area contributed by atoms with Crippen molar-refractivity contribution in [3.63, 3.8) is 0 Å². The first kappa shape index (κ1) is 11.3. The van der Waals surface area contributed by atoms with Gasteiger partial charge < -0.3 is 0 Å². The first-order valence-electron chi connectivity index (χ1n) is 4.24. The Hall–Kier alpha value is -0.770. The third kappa shape index (κ3) is 2.38. The first-order chi connectivity index (χ1) is 6.56. The summed E-state index contributed by atoms with van der Waals surface area (Å²) in [5.41, 5.74) is 0.200. The number of halogens is 3. The predicted molar refractivity (Wildman–Crippen MR) is 53.3 cm³/mol. The molecule has 1 aromatic rings. The van der Waals surface area contributed by atoms with E-state index in [2.05, 4.69) is 15.9 Å². The van der Waals surface area contributed by atoms with Gasteiger partial charge in [0, 0.05) is 16.5 Å². The second-order valence-corrected chi connectivity index (χ2v) is 3.77. The summed E-state index contributed by atoms with van der Waals surface area (Å²) in [6.07, 6.45) is 1.02. The topological polar surface area (TPSA) is 17.1 Å². The average molecular weight is 263 g/mol. The molecule has 0 aromatic heterocycles. The normalized spacial score (nSPS) is 10.3. The van der Waals surface area contributed by atoms with E-state index in [0.29, 0.717) is 17.3 Å². The van der Waals surface area contributed by atoms with Gasteiger partial charge in [0.2, 0.25) is 0 Å². The fourth-order valence-electron chi connectivity index (χ4n) is 1.10. The molecule has 4 heteroatoms. The molecule has 0 bridgehead atoms. The third-order valence-corrected chi connectivity index (χ3v) is 2.44. The lowest BCUT2D eigenvalue weighted by molar-refractivity contribution is 0.0980. The minimum absolute atomic E-state index is 0.182. The van der Waals surface area contributed by atoms with Gasteiger partial charge in [-0.25, -0.2) is 8.78 Å². The van der Waals surface area contributed by atoms with Crippen LogP contribution in [0.15, 0.2) is 16.6 Å². The highest BCUT2D eigenvalue weighted by Crippen LogP contribution is 2.22. The van der Waals surface area contributed by atoms with Crippen LogP contribution in [0.4, 0.5) is 8.78 Å². The summed E-state index contributed by atoms with van der Waals surface area (Å²) in [5.74, 6) is -2.13. The van der Waals surface area contributed by atoms with E-state index >= 15 is 0 Å². The Morgan fingerprint density at radius 2 is 1.93 bits per heavy atom. The smallest absolute Gasteiger partial charge is 0.164 e. The van der Waals surface area contributed by atoms with E-state index in [4.69, 9.17) is 0 Å². The number of benzene rings is 1. The molecule has 76 valence electrons. The summed E-state index contributed by atoms with van der Waals surface area (Å²) in [7, 11) is 0. The summed E-state index contributed by atoms with van der Waals surface area (Å²) in [6, 6.07) is 1.90. The van der Waals surface area contributed by atoms with Crippen LogP contribution in [-0.4, -0.2) is 5.78 Å². The molecule has 1 rings (SSSR count). The van der Waals surface area contributed by atoms with E-state index in [1.54, 1.807) is 0 Å². The quantitative estimate of drug-likeness (QED) is 0.600. The second kappa shape index (κ2) is 4.64. The van der Waals surface area contributed by atoms with Gasteiger partial charge in [-0.1, -0.05) is 6.92 Å². The molecule has 0 N–H and O–H groups in total. The first-order valence-corrected chi connectivity index (χ1v) is 5.03. The maximum atomic E-state index is 12.8. The van der Waals surface area contributed by atoms with Crippen molar-refractivity contribution in [1.29, 1.82) is 0 Å². The molecule has 14 heavy (non-hydrogen) atoms. The number of Topliss-reactive ketones (excluding diaryl/α,β-unsaturated/α-hetero) is 1. The van der Waals surface area contributed by atoms with Crippen LogP contribution in [0, 0.1) is 11.6 Å².